The second kappa shape index (κ2) is 5.13. The van der Waals surface area contributed by atoms with E-state index in [1.165, 1.54) is 5.56 Å². The SMILES string of the molecule is CC(C)c1ccccc1[C@@H](O)CCN. The van der Waals surface area contributed by atoms with Crippen LogP contribution in [0.2, 0.25) is 0 Å². The Hall–Kier alpha value is -0.860. The van der Waals surface area contributed by atoms with Gasteiger partial charge in [0.15, 0.2) is 0 Å². The highest BCUT2D eigenvalue weighted by molar-refractivity contribution is 5.31. The highest BCUT2D eigenvalue weighted by atomic mass is 16.3. The van der Waals surface area contributed by atoms with Gasteiger partial charge < -0.3 is 10.8 Å². The quantitative estimate of drug-likeness (QED) is 0.770. The first kappa shape index (κ1) is 11.2. The van der Waals surface area contributed by atoms with Crippen LogP contribution in [0.5, 0.6) is 0 Å². The van der Waals surface area contributed by atoms with Gasteiger partial charge >= 0.3 is 0 Å². The monoisotopic (exact) mass is 193 g/mol. The third-order valence-electron chi connectivity index (χ3n) is 2.42. The number of rotatable bonds is 4. The van der Waals surface area contributed by atoms with Crippen molar-refractivity contribution in [3.05, 3.63) is 35.4 Å². The molecule has 1 atom stereocenters. The van der Waals surface area contributed by atoms with Crippen LogP contribution in [0.15, 0.2) is 24.3 Å². The van der Waals surface area contributed by atoms with E-state index in [1.54, 1.807) is 0 Å². The zero-order valence-electron chi connectivity index (χ0n) is 8.90. The summed E-state index contributed by atoms with van der Waals surface area (Å²) in [5.74, 6) is 0.443. The van der Waals surface area contributed by atoms with Crippen molar-refractivity contribution in [2.45, 2.75) is 32.3 Å². The number of nitrogens with two attached hydrogens (primary N) is 1. The fraction of sp³-hybridized carbons (Fsp3) is 0.500. The summed E-state index contributed by atoms with van der Waals surface area (Å²) in [6, 6.07) is 8.02. The molecule has 0 heterocycles. The minimum atomic E-state index is -0.418. The fourth-order valence-corrected chi connectivity index (χ4v) is 1.65. The molecular formula is C12H19NO. The van der Waals surface area contributed by atoms with Crippen LogP contribution in [0, 0.1) is 0 Å². The molecule has 0 saturated heterocycles. The van der Waals surface area contributed by atoms with Crippen LogP contribution < -0.4 is 5.73 Å². The first-order valence-electron chi connectivity index (χ1n) is 5.13. The Bertz CT molecular complexity index is 283. The Morgan fingerprint density at radius 1 is 1.21 bits per heavy atom. The van der Waals surface area contributed by atoms with Crippen molar-refractivity contribution in [2.24, 2.45) is 5.73 Å². The van der Waals surface area contributed by atoms with Gasteiger partial charge in [0, 0.05) is 0 Å². The number of benzene rings is 1. The molecule has 1 aromatic carbocycles. The molecule has 0 fully saturated rings. The molecule has 0 unspecified atom stereocenters. The molecule has 2 heteroatoms. The van der Waals surface area contributed by atoms with E-state index in [0.717, 1.165) is 5.56 Å². The minimum Gasteiger partial charge on any atom is -0.388 e. The van der Waals surface area contributed by atoms with E-state index < -0.39 is 6.10 Å². The highest BCUT2D eigenvalue weighted by Gasteiger charge is 2.12. The van der Waals surface area contributed by atoms with Crippen LogP contribution in [0.3, 0.4) is 0 Å². The largest absolute Gasteiger partial charge is 0.388 e. The molecule has 0 aliphatic rings. The Morgan fingerprint density at radius 3 is 2.29 bits per heavy atom. The highest BCUT2D eigenvalue weighted by Crippen LogP contribution is 2.26. The van der Waals surface area contributed by atoms with Crippen molar-refractivity contribution in [1.82, 2.24) is 0 Å². The molecule has 3 N–H and O–H groups in total. The number of aliphatic hydroxyl groups excluding tert-OH is 1. The number of hydrogen-bond acceptors (Lipinski definition) is 2. The third-order valence-corrected chi connectivity index (χ3v) is 2.42. The first-order valence-corrected chi connectivity index (χ1v) is 5.13. The summed E-state index contributed by atoms with van der Waals surface area (Å²) >= 11 is 0. The van der Waals surface area contributed by atoms with Crippen molar-refractivity contribution < 1.29 is 5.11 Å². The lowest BCUT2D eigenvalue weighted by molar-refractivity contribution is 0.169. The van der Waals surface area contributed by atoms with Crippen molar-refractivity contribution >= 4 is 0 Å². The van der Waals surface area contributed by atoms with Crippen LogP contribution in [0.4, 0.5) is 0 Å². The van der Waals surface area contributed by atoms with Crippen molar-refractivity contribution in [2.75, 3.05) is 6.54 Å². The molecule has 0 radical (unpaired) electrons. The van der Waals surface area contributed by atoms with Gasteiger partial charge in [-0.3, -0.25) is 0 Å². The van der Waals surface area contributed by atoms with Crippen molar-refractivity contribution in [3.8, 4) is 0 Å². The average molecular weight is 193 g/mol. The Labute approximate surface area is 85.8 Å². The summed E-state index contributed by atoms with van der Waals surface area (Å²) in [4.78, 5) is 0. The van der Waals surface area contributed by atoms with Crippen LogP contribution in [-0.4, -0.2) is 11.7 Å². The molecule has 0 amide bonds. The van der Waals surface area contributed by atoms with Crippen LogP contribution >= 0.6 is 0 Å². The molecule has 0 bridgehead atoms. The molecule has 0 saturated carbocycles. The summed E-state index contributed by atoms with van der Waals surface area (Å²) in [7, 11) is 0. The lowest BCUT2D eigenvalue weighted by Gasteiger charge is -2.17. The summed E-state index contributed by atoms with van der Waals surface area (Å²) < 4.78 is 0. The smallest absolute Gasteiger partial charge is 0.0804 e. The number of hydrogen-bond donors (Lipinski definition) is 2. The molecule has 78 valence electrons. The third kappa shape index (κ3) is 2.56. The van der Waals surface area contributed by atoms with Crippen molar-refractivity contribution in [1.29, 1.82) is 0 Å². The summed E-state index contributed by atoms with van der Waals surface area (Å²) in [6.45, 7) is 4.79. The lowest BCUT2D eigenvalue weighted by Crippen LogP contribution is -2.09. The predicted octanol–water partition coefficient (Wildman–Crippen LogP) is 2.19. The molecule has 0 aliphatic heterocycles. The van der Waals surface area contributed by atoms with E-state index in [1.807, 2.05) is 18.2 Å². The van der Waals surface area contributed by atoms with E-state index in [4.69, 9.17) is 5.73 Å². The number of aliphatic hydroxyl groups is 1. The van der Waals surface area contributed by atoms with Gasteiger partial charge in [0.1, 0.15) is 0 Å². The minimum absolute atomic E-state index is 0.418. The molecule has 2 nitrogen and oxygen atoms in total. The lowest BCUT2D eigenvalue weighted by atomic mass is 9.93. The normalized spacial score (nSPS) is 13.2. The fourth-order valence-electron chi connectivity index (χ4n) is 1.65. The maximum absolute atomic E-state index is 9.87. The zero-order valence-corrected chi connectivity index (χ0v) is 8.90. The zero-order chi connectivity index (χ0) is 10.6. The second-order valence-electron chi connectivity index (χ2n) is 3.88. The van der Waals surface area contributed by atoms with E-state index in [-0.39, 0.29) is 0 Å². The Kier molecular flexibility index (Phi) is 4.11. The van der Waals surface area contributed by atoms with Gasteiger partial charge in [-0.2, -0.15) is 0 Å². The standard InChI is InChI=1S/C12H19NO/c1-9(2)10-5-3-4-6-11(10)12(14)7-8-13/h3-6,9,12,14H,7-8,13H2,1-2H3/t12-/m0/s1. The molecule has 1 aromatic rings. The van der Waals surface area contributed by atoms with Gasteiger partial charge in [-0.05, 0) is 30.0 Å². The van der Waals surface area contributed by atoms with Crippen molar-refractivity contribution in [3.63, 3.8) is 0 Å². The van der Waals surface area contributed by atoms with Crippen LogP contribution in [0.25, 0.3) is 0 Å². The van der Waals surface area contributed by atoms with Gasteiger partial charge in [-0.25, -0.2) is 0 Å². The topological polar surface area (TPSA) is 46.2 Å². The van der Waals surface area contributed by atoms with Crippen LogP contribution in [-0.2, 0) is 0 Å². The molecule has 1 rings (SSSR count). The molecule has 0 aromatic heterocycles. The predicted molar refractivity (Wildman–Crippen MR) is 59.2 cm³/mol. The van der Waals surface area contributed by atoms with E-state index in [2.05, 4.69) is 19.9 Å². The van der Waals surface area contributed by atoms with E-state index in [0.29, 0.717) is 18.9 Å². The maximum Gasteiger partial charge on any atom is 0.0804 e. The Morgan fingerprint density at radius 2 is 1.79 bits per heavy atom. The summed E-state index contributed by atoms with van der Waals surface area (Å²) in [6.07, 6.45) is 0.211. The van der Waals surface area contributed by atoms with Crippen LogP contribution in [0.1, 0.15) is 43.4 Å². The molecule has 14 heavy (non-hydrogen) atoms. The van der Waals surface area contributed by atoms with Gasteiger partial charge in [-0.1, -0.05) is 38.1 Å². The Balaban J connectivity index is 2.94. The molecular weight excluding hydrogens is 174 g/mol. The van der Waals surface area contributed by atoms with E-state index >= 15 is 0 Å². The maximum atomic E-state index is 9.87. The molecule has 0 aliphatic carbocycles. The summed E-state index contributed by atoms with van der Waals surface area (Å²) in [5, 5.41) is 9.87. The average Bonchev–Trinajstić information content (AvgIpc) is 2.18. The molecule has 0 spiro atoms. The van der Waals surface area contributed by atoms with Gasteiger partial charge in [0.2, 0.25) is 0 Å². The van der Waals surface area contributed by atoms with Gasteiger partial charge in [0.05, 0.1) is 6.10 Å². The summed E-state index contributed by atoms with van der Waals surface area (Å²) in [5.41, 5.74) is 7.67. The van der Waals surface area contributed by atoms with E-state index in [9.17, 15) is 5.11 Å². The first-order chi connectivity index (χ1) is 6.66. The van der Waals surface area contributed by atoms with Gasteiger partial charge in [-0.15, -0.1) is 0 Å². The second-order valence-corrected chi connectivity index (χ2v) is 3.88. The van der Waals surface area contributed by atoms with Gasteiger partial charge in [0.25, 0.3) is 0 Å².